The summed E-state index contributed by atoms with van der Waals surface area (Å²) >= 11 is 0. The van der Waals surface area contributed by atoms with Gasteiger partial charge in [0, 0.05) is 30.0 Å². The molecule has 0 spiro atoms. The van der Waals surface area contributed by atoms with Gasteiger partial charge in [-0.25, -0.2) is 0 Å². The van der Waals surface area contributed by atoms with E-state index in [1.165, 1.54) is 0 Å². The van der Waals surface area contributed by atoms with Crippen LogP contribution in [0.2, 0.25) is 0 Å². The number of anilines is 5. The van der Waals surface area contributed by atoms with Crippen molar-refractivity contribution in [2.75, 3.05) is 41.8 Å². The quantitative estimate of drug-likeness (QED) is 0.575. The first-order valence-corrected chi connectivity index (χ1v) is 9.46. The van der Waals surface area contributed by atoms with Crippen molar-refractivity contribution in [3.8, 4) is 0 Å². The van der Waals surface area contributed by atoms with Crippen LogP contribution in [0.1, 0.15) is 17.3 Å². The highest BCUT2D eigenvalue weighted by molar-refractivity contribution is 5.95. The Hall–Kier alpha value is -3.23. The van der Waals surface area contributed by atoms with E-state index in [-0.39, 0.29) is 18.2 Å². The number of carbonyl (C=O) groups excluding carboxylic acids is 1. The largest absolute Gasteiger partial charge is 0.378 e. The first-order chi connectivity index (χ1) is 14.2. The summed E-state index contributed by atoms with van der Waals surface area (Å²) in [6.45, 7) is 4.25. The van der Waals surface area contributed by atoms with Gasteiger partial charge in [-0.3, -0.25) is 4.79 Å². The van der Waals surface area contributed by atoms with Crippen LogP contribution in [0, 0.1) is 0 Å². The van der Waals surface area contributed by atoms with E-state index < -0.39 is 0 Å². The fraction of sp³-hybridized carbons (Fsp3) is 0.238. The van der Waals surface area contributed by atoms with Gasteiger partial charge in [-0.2, -0.15) is 15.0 Å². The summed E-state index contributed by atoms with van der Waals surface area (Å²) in [5, 5.41) is 6.42. The van der Waals surface area contributed by atoms with Crippen LogP contribution in [0.15, 0.2) is 54.6 Å². The monoisotopic (exact) mass is 426 g/mol. The van der Waals surface area contributed by atoms with E-state index in [1.54, 1.807) is 19.1 Å². The number of para-hydroxylation sites is 1. The van der Waals surface area contributed by atoms with Crippen molar-refractivity contribution in [2.45, 2.75) is 6.92 Å². The number of Topliss-reactive ketones (excluding diaryl/α,β-unsaturated/α-hetero) is 1. The van der Waals surface area contributed by atoms with Crippen molar-refractivity contribution in [2.24, 2.45) is 0 Å². The lowest BCUT2D eigenvalue weighted by Gasteiger charge is -2.27. The highest BCUT2D eigenvalue weighted by atomic mass is 35.5. The Morgan fingerprint density at radius 2 is 1.53 bits per heavy atom. The van der Waals surface area contributed by atoms with Gasteiger partial charge in [-0.05, 0) is 31.2 Å². The molecule has 0 saturated carbocycles. The predicted molar refractivity (Wildman–Crippen MR) is 120 cm³/mol. The number of benzene rings is 2. The van der Waals surface area contributed by atoms with E-state index in [2.05, 4.69) is 30.5 Å². The lowest BCUT2D eigenvalue weighted by molar-refractivity contribution is 0.101. The van der Waals surface area contributed by atoms with Gasteiger partial charge in [0.1, 0.15) is 0 Å². The molecule has 1 fully saturated rings. The van der Waals surface area contributed by atoms with E-state index in [4.69, 9.17) is 4.74 Å². The van der Waals surface area contributed by atoms with Crippen LogP contribution in [0.3, 0.4) is 0 Å². The van der Waals surface area contributed by atoms with Crippen LogP contribution < -0.4 is 15.5 Å². The van der Waals surface area contributed by atoms with Crippen molar-refractivity contribution in [1.82, 2.24) is 15.0 Å². The number of hydrogen-bond donors (Lipinski definition) is 2. The molecule has 8 nitrogen and oxygen atoms in total. The first kappa shape index (κ1) is 21.5. The maximum Gasteiger partial charge on any atom is 0.233 e. The maximum absolute atomic E-state index is 11.7. The predicted octanol–water partition coefficient (Wildman–Crippen LogP) is 3.82. The molecule has 2 N–H and O–H groups in total. The number of ketones is 1. The molecule has 3 aromatic rings. The summed E-state index contributed by atoms with van der Waals surface area (Å²) in [5.74, 6) is 1.43. The van der Waals surface area contributed by atoms with Crippen molar-refractivity contribution < 1.29 is 9.53 Å². The molecule has 1 aromatic heterocycles. The Labute approximate surface area is 181 Å². The second kappa shape index (κ2) is 10.00. The minimum Gasteiger partial charge on any atom is -0.378 e. The molecule has 1 aliphatic rings. The normalized spacial score (nSPS) is 13.3. The SMILES string of the molecule is CC(=O)c1cccc(Nc2nc(Nc3ccccc3)nc(N3CCOCC3)n2)c1.Cl. The number of carbonyl (C=O) groups is 1. The third-order valence-electron chi connectivity index (χ3n) is 4.47. The average molecular weight is 427 g/mol. The van der Waals surface area contributed by atoms with E-state index in [9.17, 15) is 4.79 Å². The lowest BCUT2D eigenvalue weighted by atomic mass is 10.1. The molecule has 2 aromatic carbocycles. The molecule has 156 valence electrons. The van der Waals surface area contributed by atoms with Crippen LogP contribution in [0.25, 0.3) is 0 Å². The van der Waals surface area contributed by atoms with Crippen LogP contribution in [-0.4, -0.2) is 47.0 Å². The van der Waals surface area contributed by atoms with Crippen molar-refractivity contribution in [1.29, 1.82) is 0 Å². The Morgan fingerprint density at radius 3 is 2.20 bits per heavy atom. The van der Waals surface area contributed by atoms with Crippen molar-refractivity contribution in [3.05, 3.63) is 60.2 Å². The Bertz CT molecular complexity index is 996. The Kier molecular flexibility index (Phi) is 7.16. The smallest absolute Gasteiger partial charge is 0.233 e. The molecule has 0 bridgehead atoms. The molecule has 0 aliphatic carbocycles. The summed E-state index contributed by atoms with van der Waals surface area (Å²) in [4.78, 5) is 27.4. The van der Waals surface area contributed by atoms with Crippen LogP contribution >= 0.6 is 12.4 Å². The third-order valence-corrected chi connectivity index (χ3v) is 4.47. The molecule has 0 radical (unpaired) electrons. The topological polar surface area (TPSA) is 92.3 Å². The molecule has 0 amide bonds. The van der Waals surface area contributed by atoms with Gasteiger partial charge in [-0.15, -0.1) is 12.4 Å². The zero-order chi connectivity index (χ0) is 20.1. The fourth-order valence-corrected chi connectivity index (χ4v) is 2.98. The summed E-state index contributed by atoms with van der Waals surface area (Å²) in [7, 11) is 0. The van der Waals surface area contributed by atoms with E-state index in [0.717, 1.165) is 11.4 Å². The number of rotatable bonds is 6. The lowest BCUT2D eigenvalue weighted by Crippen LogP contribution is -2.37. The second-order valence-corrected chi connectivity index (χ2v) is 6.64. The Morgan fingerprint density at radius 1 is 0.900 bits per heavy atom. The van der Waals surface area contributed by atoms with Gasteiger partial charge in [0.05, 0.1) is 13.2 Å². The van der Waals surface area contributed by atoms with Crippen LogP contribution in [-0.2, 0) is 4.74 Å². The molecule has 2 heterocycles. The number of nitrogens with one attached hydrogen (secondary N) is 2. The summed E-state index contributed by atoms with van der Waals surface area (Å²) in [6, 6.07) is 17.0. The fourth-order valence-electron chi connectivity index (χ4n) is 2.98. The number of ether oxygens (including phenoxy) is 1. The third kappa shape index (κ3) is 5.43. The molecular weight excluding hydrogens is 404 g/mol. The number of nitrogens with zero attached hydrogens (tertiary/aromatic N) is 4. The second-order valence-electron chi connectivity index (χ2n) is 6.64. The standard InChI is InChI=1S/C21H22N6O2.ClH/c1-15(28)16-6-5-9-18(14-16)23-20-24-19(22-17-7-3-2-4-8-17)25-21(26-20)27-10-12-29-13-11-27;/h2-9,14H,10-13H2,1H3,(H2,22,23,24,25,26);1H. The Balaban J connectivity index is 0.00000256. The molecule has 1 saturated heterocycles. The van der Waals surface area contributed by atoms with Gasteiger partial charge in [-0.1, -0.05) is 30.3 Å². The number of morpholine rings is 1. The highest BCUT2D eigenvalue weighted by Crippen LogP contribution is 2.21. The first-order valence-electron chi connectivity index (χ1n) is 9.46. The molecule has 30 heavy (non-hydrogen) atoms. The van der Waals surface area contributed by atoms with Crippen molar-refractivity contribution in [3.63, 3.8) is 0 Å². The molecule has 0 unspecified atom stereocenters. The van der Waals surface area contributed by atoms with Gasteiger partial charge in [0.25, 0.3) is 0 Å². The summed E-state index contributed by atoms with van der Waals surface area (Å²) in [5.41, 5.74) is 2.25. The maximum atomic E-state index is 11.7. The minimum absolute atomic E-state index is 0. The highest BCUT2D eigenvalue weighted by Gasteiger charge is 2.17. The van der Waals surface area contributed by atoms with Gasteiger partial charge >= 0.3 is 0 Å². The summed E-state index contributed by atoms with van der Waals surface area (Å²) < 4.78 is 5.43. The zero-order valence-electron chi connectivity index (χ0n) is 16.5. The van der Waals surface area contributed by atoms with Gasteiger partial charge in [0.2, 0.25) is 17.8 Å². The summed E-state index contributed by atoms with van der Waals surface area (Å²) in [6.07, 6.45) is 0. The number of aromatic nitrogens is 3. The molecule has 0 atom stereocenters. The molecule has 9 heteroatoms. The average Bonchev–Trinajstić information content (AvgIpc) is 2.75. The van der Waals surface area contributed by atoms with Gasteiger partial charge in [0.15, 0.2) is 5.78 Å². The van der Waals surface area contributed by atoms with Gasteiger partial charge < -0.3 is 20.3 Å². The number of halogens is 1. The van der Waals surface area contributed by atoms with E-state index in [1.807, 2.05) is 42.5 Å². The molecule has 4 rings (SSSR count). The van der Waals surface area contributed by atoms with Crippen LogP contribution in [0.5, 0.6) is 0 Å². The number of hydrogen-bond acceptors (Lipinski definition) is 8. The van der Waals surface area contributed by atoms with E-state index >= 15 is 0 Å². The minimum atomic E-state index is 0. The van der Waals surface area contributed by atoms with Crippen molar-refractivity contribution >= 4 is 47.4 Å². The molecule has 1 aliphatic heterocycles. The molecular formula is C21H23ClN6O2. The van der Waals surface area contributed by atoms with Crippen LogP contribution in [0.4, 0.5) is 29.2 Å². The van der Waals surface area contributed by atoms with E-state index in [0.29, 0.717) is 49.7 Å². The zero-order valence-corrected chi connectivity index (χ0v) is 17.4.